The highest BCUT2D eigenvalue weighted by Gasteiger charge is 2.11. The number of carbonyl (C=O) groups excluding carboxylic acids is 1. The molecule has 3 N–H and O–H groups in total. The molecular weight excluding hydrogens is 404 g/mol. The van der Waals surface area contributed by atoms with E-state index >= 15 is 0 Å². The predicted molar refractivity (Wildman–Crippen MR) is 92.4 cm³/mol. The number of benzene rings is 2. The molecule has 2 aromatic carbocycles. The second kappa shape index (κ2) is 6.65. The van der Waals surface area contributed by atoms with Gasteiger partial charge in [-0.3, -0.25) is 4.79 Å². The fraction of sp³-hybridized carbons (Fsp3) is 0.0714. The van der Waals surface area contributed by atoms with Gasteiger partial charge < -0.3 is 11.1 Å². The molecule has 0 fully saturated rings. The average Bonchev–Trinajstić information content (AvgIpc) is 2.42. The molecule has 0 spiro atoms. The molecule has 1 amide bonds. The standard InChI is InChI=1S/C14H12Br2N2OS/c1-20-10-4-2-8(3-5-10)14(19)18-13-11(16)6-9(15)7-12(13)17/h2-7H,17H2,1H3,(H,18,19). The van der Waals surface area contributed by atoms with E-state index in [4.69, 9.17) is 5.73 Å². The van der Waals surface area contributed by atoms with Gasteiger partial charge in [0.15, 0.2) is 0 Å². The van der Waals surface area contributed by atoms with E-state index in [1.165, 1.54) is 0 Å². The SMILES string of the molecule is CSc1ccc(C(=O)Nc2c(N)cc(Br)cc2Br)cc1. The summed E-state index contributed by atoms with van der Waals surface area (Å²) < 4.78 is 1.59. The second-order valence-corrected chi connectivity index (χ2v) is 6.68. The van der Waals surface area contributed by atoms with E-state index in [1.807, 2.05) is 24.5 Å². The van der Waals surface area contributed by atoms with Crippen LogP contribution in [0.5, 0.6) is 0 Å². The zero-order chi connectivity index (χ0) is 14.7. The van der Waals surface area contributed by atoms with Crippen molar-refractivity contribution in [3.63, 3.8) is 0 Å². The number of amides is 1. The first-order valence-corrected chi connectivity index (χ1v) is 8.52. The van der Waals surface area contributed by atoms with E-state index in [1.54, 1.807) is 30.0 Å². The summed E-state index contributed by atoms with van der Waals surface area (Å²) >= 11 is 8.38. The van der Waals surface area contributed by atoms with Gasteiger partial charge in [0.1, 0.15) is 0 Å². The molecule has 0 aliphatic carbocycles. The Morgan fingerprint density at radius 2 is 1.85 bits per heavy atom. The van der Waals surface area contributed by atoms with Crippen molar-refractivity contribution in [1.82, 2.24) is 0 Å². The number of nitrogens with two attached hydrogens (primary N) is 1. The Morgan fingerprint density at radius 3 is 2.40 bits per heavy atom. The van der Waals surface area contributed by atoms with Crippen molar-refractivity contribution in [2.24, 2.45) is 0 Å². The van der Waals surface area contributed by atoms with Gasteiger partial charge in [0.2, 0.25) is 0 Å². The Bertz CT molecular complexity index is 621. The number of halogens is 2. The van der Waals surface area contributed by atoms with Crippen molar-refractivity contribution < 1.29 is 4.79 Å². The Kier molecular flexibility index (Phi) is 5.12. The summed E-state index contributed by atoms with van der Waals surface area (Å²) in [6, 6.07) is 11.0. The number of hydrogen-bond donors (Lipinski definition) is 2. The molecule has 0 saturated carbocycles. The van der Waals surface area contributed by atoms with Gasteiger partial charge >= 0.3 is 0 Å². The molecule has 2 aromatic rings. The van der Waals surface area contributed by atoms with Crippen LogP contribution in [0.25, 0.3) is 0 Å². The van der Waals surface area contributed by atoms with Crippen LogP contribution < -0.4 is 11.1 Å². The van der Waals surface area contributed by atoms with E-state index < -0.39 is 0 Å². The van der Waals surface area contributed by atoms with E-state index in [0.29, 0.717) is 16.9 Å². The molecule has 6 heteroatoms. The molecule has 0 aliphatic heterocycles. The van der Waals surface area contributed by atoms with Gasteiger partial charge in [-0.25, -0.2) is 0 Å². The maximum absolute atomic E-state index is 12.2. The third kappa shape index (κ3) is 3.56. The minimum atomic E-state index is -0.188. The molecule has 0 saturated heterocycles. The van der Waals surface area contributed by atoms with Gasteiger partial charge in [-0.2, -0.15) is 0 Å². The van der Waals surface area contributed by atoms with Crippen LogP contribution >= 0.6 is 43.6 Å². The maximum Gasteiger partial charge on any atom is 0.255 e. The van der Waals surface area contributed by atoms with Crippen molar-refractivity contribution >= 4 is 60.9 Å². The minimum Gasteiger partial charge on any atom is -0.397 e. The summed E-state index contributed by atoms with van der Waals surface area (Å²) in [7, 11) is 0. The molecule has 2 rings (SSSR count). The average molecular weight is 416 g/mol. The van der Waals surface area contributed by atoms with Crippen molar-refractivity contribution in [2.75, 3.05) is 17.3 Å². The van der Waals surface area contributed by atoms with Crippen molar-refractivity contribution in [1.29, 1.82) is 0 Å². The molecule has 0 radical (unpaired) electrons. The molecule has 0 atom stereocenters. The first-order chi connectivity index (χ1) is 9.51. The lowest BCUT2D eigenvalue weighted by Crippen LogP contribution is -2.13. The number of nitrogens with one attached hydrogen (secondary N) is 1. The molecular formula is C14H12Br2N2OS. The summed E-state index contributed by atoms with van der Waals surface area (Å²) in [5, 5.41) is 2.82. The normalized spacial score (nSPS) is 10.3. The highest BCUT2D eigenvalue weighted by molar-refractivity contribution is 9.11. The molecule has 0 bridgehead atoms. The number of anilines is 2. The number of nitrogen functional groups attached to an aromatic ring is 1. The summed E-state index contributed by atoms with van der Waals surface area (Å²) in [6.07, 6.45) is 1.99. The van der Waals surface area contributed by atoms with E-state index in [0.717, 1.165) is 13.8 Å². The van der Waals surface area contributed by atoms with Crippen LogP contribution in [0.1, 0.15) is 10.4 Å². The monoisotopic (exact) mass is 414 g/mol. The highest BCUT2D eigenvalue weighted by atomic mass is 79.9. The third-order valence-electron chi connectivity index (χ3n) is 2.68. The van der Waals surface area contributed by atoms with Gasteiger partial charge in [-0.15, -0.1) is 11.8 Å². The van der Waals surface area contributed by atoms with Crippen LogP contribution in [0, 0.1) is 0 Å². The number of thioether (sulfide) groups is 1. The van der Waals surface area contributed by atoms with Gasteiger partial charge in [-0.05, 0) is 58.6 Å². The largest absolute Gasteiger partial charge is 0.397 e. The van der Waals surface area contributed by atoms with Crippen LogP contribution in [0.2, 0.25) is 0 Å². The lowest BCUT2D eigenvalue weighted by molar-refractivity contribution is 0.102. The minimum absolute atomic E-state index is 0.188. The first-order valence-electron chi connectivity index (χ1n) is 5.71. The Hall–Kier alpha value is -0.980. The van der Waals surface area contributed by atoms with Gasteiger partial charge in [0.05, 0.1) is 11.4 Å². The zero-order valence-electron chi connectivity index (χ0n) is 10.6. The summed E-state index contributed by atoms with van der Waals surface area (Å²) in [5.74, 6) is -0.188. The maximum atomic E-state index is 12.2. The van der Waals surface area contributed by atoms with Crippen LogP contribution in [-0.4, -0.2) is 12.2 Å². The zero-order valence-corrected chi connectivity index (χ0v) is 14.6. The molecule has 0 aromatic heterocycles. The lowest BCUT2D eigenvalue weighted by atomic mass is 10.2. The Balaban J connectivity index is 2.23. The molecule has 3 nitrogen and oxygen atoms in total. The molecule has 20 heavy (non-hydrogen) atoms. The van der Waals surface area contributed by atoms with E-state index in [-0.39, 0.29) is 5.91 Å². The summed E-state index contributed by atoms with van der Waals surface area (Å²) in [6.45, 7) is 0. The quantitative estimate of drug-likeness (QED) is 0.560. The number of hydrogen-bond acceptors (Lipinski definition) is 3. The number of carbonyl (C=O) groups is 1. The lowest BCUT2D eigenvalue weighted by Gasteiger charge is -2.11. The van der Waals surface area contributed by atoms with Crippen LogP contribution in [0.15, 0.2) is 50.2 Å². The fourth-order valence-electron chi connectivity index (χ4n) is 1.65. The second-order valence-electron chi connectivity index (χ2n) is 4.03. The molecule has 104 valence electrons. The summed E-state index contributed by atoms with van der Waals surface area (Å²) in [4.78, 5) is 13.3. The van der Waals surface area contributed by atoms with E-state index in [2.05, 4.69) is 37.2 Å². The topological polar surface area (TPSA) is 55.1 Å². The van der Waals surface area contributed by atoms with Crippen molar-refractivity contribution in [2.45, 2.75) is 4.90 Å². The van der Waals surface area contributed by atoms with Crippen LogP contribution in [-0.2, 0) is 0 Å². The van der Waals surface area contributed by atoms with Crippen LogP contribution in [0.4, 0.5) is 11.4 Å². The van der Waals surface area contributed by atoms with Gasteiger partial charge in [0, 0.05) is 19.4 Å². The smallest absolute Gasteiger partial charge is 0.255 e. The van der Waals surface area contributed by atoms with Crippen molar-refractivity contribution in [3.05, 3.63) is 50.9 Å². The van der Waals surface area contributed by atoms with Gasteiger partial charge in [-0.1, -0.05) is 15.9 Å². The third-order valence-corrected chi connectivity index (χ3v) is 4.50. The molecule has 0 aliphatic rings. The Morgan fingerprint density at radius 1 is 1.20 bits per heavy atom. The first kappa shape index (κ1) is 15.4. The van der Waals surface area contributed by atoms with Crippen molar-refractivity contribution in [3.8, 4) is 0 Å². The van der Waals surface area contributed by atoms with Gasteiger partial charge in [0.25, 0.3) is 5.91 Å². The highest BCUT2D eigenvalue weighted by Crippen LogP contribution is 2.32. The fourth-order valence-corrected chi connectivity index (χ4v) is 3.42. The molecule has 0 unspecified atom stereocenters. The predicted octanol–water partition coefficient (Wildman–Crippen LogP) is 4.77. The molecule has 0 heterocycles. The Labute approximate surface area is 138 Å². The van der Waals surface area contributed by atoms with Crippen LogP contribution in [0.3, 0.4) is 0 Å². The summed E-state index contributed by atoms with van der Waals surface area (Å²) in [5.41, 5.74) is 7.59. The van der Waals surface area contributed by atoms with E-state index in [9.17, 15) is 4.79 Å². The number of rotatable bonds is 3.